The molecular weight excluding hydrogens is 314 g/mol. The van der Waals surface area contributed by atoms with Gasteiger partial charge in [-0.3, -0.25) is 5.41 Å². The van der Waals surface area contributed by atoms with Gasteiger partial charge in [0, 0.05) is 11.9 Å². The highest BCUT2D eigenvalue weighted by Crippen LogP contribution is 2.29. The van der Waals surface area contributed by atoms with Gasteiger partial charge in [-0.1, -0.05) is 0 Å². The summed E-state index contributed by atoms with van der Waals surface area (Å²) in [6, 6.07) is 5.42. The molecule has 0 radical (unpaired) electrons. The molecule has 0 aromatic carbocycles. The van der Waals surface area contributed by atoms with Crippen molar-refractivity contribution >= 4 is 33.5 Å². The van der Waals surface area contributed by atoms with Crippen LogP contribution in [0.5, 0.6) is 0 Å². The Labute approximate surface area is 117 Å². The summed E-state index contributed by atoms with van der Waals surface area (Å²) in [6.45, 7) is 1.84. The topological polar surface area (TPSA) is 88.5 Å². The van der Waals surface area contributed by atoms with E-state index in [1.54, 1.807) is 12.3 Å². The number of aromatic nitrogens is 3. The Morgan fingerprint density at radius 1 is 1.44 bits per heavy atom. The SMILES string of the molecule is Cc1cc(C(=N)N)nc(Sc2ncccc2Br)n1. The molecule has 2 rings (SSSR count). The maximum atomic E-state index is 7.40. The van der Waals surface area contributed by atoms with Crippen LogP contribution in [0.4, 0.5) is 0 Å². The van der Waals surface area contributed by atoms with Crippen molar-refractivity contribution in [3.63, 3.8) is 0 Å². The number of nitrogens with two attached hydrogens (primary N) is 1. The molecule has 0 bridgehead atoms. The number of nitrogens with one attached hydrogen (secondary N) is 1. The summed E-state index contributed by atoms with van der Waals surface area (Å²) >= 11 is 4.74. The van der Waals surface area contributed by atoms with Gasteiger partial charge in [0.05, 0.1) is 4.47 Å². The lowest BCUT2D eigenvalue weighted by Gasteiger charge is -2.05. The van der Waals surface area contributed by atoms with Crippen LogP contribution < -0.4 is 5.73 Å². The number of pyridine rings is 1. The van der Waals surface area contributed by atoms with Crippen LogP contribution in [-0.4, -0.2) is 20.8 Å². The zero-order chi connectivity index (χ0) is 13.1. The third-order valence-electron chi connectivity index (χ3n) is 2.02. The molecular formula is C11H10BrN5S. The Kier molecular flexibility index (Phi) is 3.93. The van der Waals surface area contributed by atoms with Crippen molar-refractivity contribution in [3.8, 4) is 0 Å². The summed E-state index contributed by atoms with van der Waals surface area (Å²) in [5, 5.41) is 8.71. The first kappa shape index (κ1) is 13.0. The van der Waals surface area contributed by atoms with Gasteiger partial charge in [0.25, 0.3) is 0 Å². The third-order valence-corrected chi connectivity index (χ3v) is 3.81. The molecule has 0 saturated carbocycles. The average Bonchev–Trinajstić information content (AvgIpc) is 2.31. The van der Waals surface area contributed by atoms with Gasteiger partial charge in [0.1, 0.15) is 16.6 Å². The Morgan fingerprint density at radius 3 is 2.89 bits per heavy atom. The number of nitrogen functional groups attached to an aromatic ring is 1. The van der Waals surface area contributed by atoms with E-state index in [0.717, 1.165) is 15.2 Å². The molecule has 0 amide bonds. The van der Waals surface area contributed by atoms with Crippen LogP contribution in [0.3, 0.4) is 0 Å². The Hall–Kier alpha value is -1.47. The van der Waals surface area contributed by atoms with E-state index >= 15 is 0 Å². The second-order valence-electron chi connectivity index (χ2n) is 3.48. The van der Waals surface area contributed by atoms with Gasteiger partial charge in [-0.2, -0.15) is 0 Å². The molecule has 0 spiro atoms. The number of amidine groups is 1. The summed E-state index contributed by atoms with van der Waals surface area (Å²) in [4.78, 5) is 12.7. The molecule has 0 unspecified atom stereocenters. The van der Waals surface area contributed by atoms with Crippen LogP contribution in [0.1, 0.15) is 11.4 Å². The zero-order valence-corrected chi connectivity index (χ0v) is 11.9. The van der Waals surface area contributed by atoms with Gasteiger partial charge in [0.15, 0.2) is 5.16 Å². The van der Waals surface area contributed by atoms with Gasteiger partial charge < -0.3 is 5.73 Å². The van der Waals surface area contributed by atoms with Crippen LogP contribution in [0.15, 0.2) is 39.1 Å². The van der Waals surface area contributed by atoms with Crippen LogP contribution in [0, 0.1) is 12.3 Å². The molecule has 3 N–H and O–H groups in total. The van der Waals surface area contributed by atoms with Crippen LogP contribution in [0.25, 0.3) is 0 Å². The lowest BCUT2D eigenvalue weighted by Crippen LogP contribution is -2.14. The van der Waals surface area contributed by atoms with Crippen molar-refractivity contribution in [2.75, 3.05) is 0 Å². The first-order valence-electron chi connectivity index (χ1n) is 5.04. The third kappa shape index (κ3) is 3.05. The van der Waals surface area contributed by atoms with E-state index < -0.39 is 0 Å². The number of hydrogen-bond donors (Lipinski definition) is 2. The molecule has 7 heteroatoms. The second-order valence-corrected chi connectivity index (χ2v) is 5.29. The smallest absolute Gasteiger partial charge is 0.194 e. The maximum absolute atomic E-state index is 7.40. The van der Waals surface area contributed by atoms with E-state index in [2.05, 4.69) is 30.9 Å². The molecule has 18 heavy (non-hydrogen) atoms. The van der Waals surface area contributed by atoms with Crippen molar-refractivity contribution in [2.45, 2.75) is 17.1 Å². The number of aryl methyl sites for hydroxylation is 1. The molecule has 0 aliphatic heterocycles. The highest BCUT2D eigenvalue weighted by atomic mass is 79.9. The minimum atomic E-state index is -0.0672. The van der Waals surface area contributed by atoms with Gasteiger partial charge in [-0.25, -0.2) is 15.0 Å². The summed E-state index contributed by atoms with van der Waals surface area (Å²) in [6.07, 6.45) is 1.70. The zero-order valence-electron chi connectivity index (χ0n) is 9.51. The van der Waals surface area contributed by atoms with Crippen molar-refractivity contribution in [3.05, 3.63) is 40.3 Å². The highest BCUT2D eigenvalue weighted by Gasteiger charge is 2.09. The maximum Gasteiger partial charge on any atom is 0.194 e. The van der Waals surface area contributed by atoms with Crippen molar-refractivity contribution in [1.82, 2.24) is 15.0 Å². The number of halogens is 1. The van der Waals surface area contributed by atoms with E-state index in [9.17, 15) is 0 Å². The van der Waals surface area contributed by atoms with E-state index in [1.807, 2.05) is 19.1 Å². The van der Waals surface area contributed by atoms with Gasteiger partial charge >= 0.3 is 0 Å². The highest BCUT2D eigenvalue weighted by molar-refractivity contribution is 9.10. The molecule has 5 nitrogen and oxygen atoms in total. The molecule has 2 heterocycles. The van der Waals surface area contributed by atoms with Crippen molar-refractivity contribution < 1.29 is 0 Å². The fraction of sp³-hybridized carbons (Fsp3) is 0.0909. The van der Waals surface area contributed by atoms with E-state index in [-0.39, 0.29) is 5.84 Å². The fourth-order valence-corrected chi connectivity index (χ4v) is 2.54. The van der Waals surface area contributed by atoms with Crippen LogP contribution >= 0.6 is 27.7 Å². The summed E-state index contributed by atoms with van der Waals surface area (Å²) in [7, 11) is 0. The lowest BCUT2D eigenvalue weighted by atomic mass is 10.3. The molecule has 2 aromatic rings. The average molecular weight is 324 g/mol. The van der Waals surface area contributed by atoms with Crippen molar-refractivity contribution in [1.29, 1.82) is 5.41 Å². The molecule has 2 aromatic heterocycles. The normalized spacial score (nSPS) is 10.3. The van der Waals surface area contributed by atoms with Gasteiger partial charge in [-0.05, 0) is 52.8 Å². The number of nitrogens with zero attached hydrogens (tertiary/aromatic N) is 3. The number of hydrogen-bond acceptors (Lipinski definition) is 5. The van der Waals surface area contributed by atoms with Gasteiger partial charge in [0.2, 0.25) is 0 Å². The first-order chi connectivity index (χ1) is 8.56. The van der Waals surface area contributed by atoms with Gasteiger partial charge in [-0.15, -0.1) is 0 Å². The second kappa shape index (κ2) is 5.45. The molecule has 0 saturated heterocycles. The monoisotopic (exact) mass is 323 g/mol. The standard InChI is InChI=1S/C11H10BrN5S/c1-6-5-8(9(13)14)17-11(16-6)18-10-7(12)3-2-4-15-10/h2-5H,1H3,(H3,13,14). The Morgan fingerprint density at radius 2 is 2.22 bits per heavy atom. The summed E-state index contributed by atoms with van der Waals surface area (Å²) < 4.78 is 0.879. The lowest BCUT2D eigenvalue weighted by molar-refractivity contribution is 0.916. The minimum Gasteiger partial charge on any atom is -0.382 e. The quantitative estimate of drug-likeness (QED) is 0.514. The predicted octanol–water partition coefficient (Wildman–Crippen LogP) is 2.38. The molecule has 0 fully saturated rings. The Bertz CT molecular complexity index is 602. The van der Waals surface area contributed by atoms with Crippen LogP contribution in [-0.2, 0) is 0 Å². The van der Waals surface area contributed by atoms with Crippen LogP contribution in [0.2, 0.25) is 0 Å². The fourth-order valence-electron chi connectivity index (χ4n) is 1.26. The van der Waals surface area contributed by atoms with E-state index in [0.29, 0.717) is 10.9 Å². The largest absolute Gasteiger partial charge is 0.382 e. The van der Waals surface area contributed by atoms with Crippen molar-refractivity contribution in [2.24, 2.45) is 5.73 Å². The Balaban J connectivity index is 2.35. The predicted molar refractivity (Wildman–Crippen MR) is 73.8 cm³/mol. The van der Waals surface area contributed by atoms with E-state index in [1.165, 1.54) is 11.8 Å². The summed E-state index contributed by atoms with van der Waals surface area (Å²) in [5.41, 5.74) is 6.63. The molecule has 92 valence electrons. The summed E-state index contributed by atoms with van der Waals surface area (Å²) in [5.74, 6) is -0.0672. The molecule has 0 atom stereocenters. The molecule has 0 aliphatic carbocycles. The van der Waals surface area contributed by atoms with E-state index in [4.69, 9.17) is 11.1 Å². The number of rotatable bonds is 3. The first-order valence-corrected chi connectivity index (χ1v) is 6.65. The molecule has 0 aliphatic rings. The minimum absolute atomic E-state index is 0.0672.